The van der Waals surface area contributed by atoms with Gasteiger partial charge in [0.2, 0.25) is 0 Å². The topological polar surface area (TPSA) is 38.8 Å². The lowest BCUT2D eigenvalue weighted by Gasteiger charge is -2.39. The van der Waals surface area contributed by atoms with Crippen LogP contribution in [-0.4, -0.2) is 42.9 Å². The first-order valence-electron chi connectivity index (χ1n) is 7.40. The zero-order chi connectivity index (χ0) is 14.9. The van der Waals surface area contributed by atoms with Gasteiger partial charge in [0.25, 0.3) is 5.91 Å². The first-order valence-corrected chi connectivity index (χ1v) is 7.78. The molecule has 1 saturated heterocycles. The van der Waals surface area contributed by atoms with Crippen LogP contribution < -0.4 is 0 Å². The highest BCUT2D eigenvalue weighted by atomic mass is 35.5. The van der Waals surface area contributed by atoms with E-state index in [-0.39, 0.29) is 17.7 Å². The number of halogens is 1. The molecule has 0 aromatic heterocycles. The van der Waals surface area contributed by atoms with Crippen molar-refractivity contribution in [1.82, 2.24) is 4.90 Å². The summed E-state index contributed by atoms with van der Waals surface area (Å²) in [6.45, 7) is 1.36. The number of rotatable bonds is 2. The molecule has 1 saturated carbocycles. The van der Waals surface area contributed by atoms with E-state index in [4.69, 9.17) is 21.1 Å². The van der Waals surface area contributed by atoms with Crippen LogP contribution in [0, 0.1) is 0 Å². The molecule has 0 atom stereocenters. The standard InChI is InChI=1S/C16H20ClNO3/c1-18(15(19)12-3-2-4-13(17)11-12)14-5-7-16(8-6-14)20-9-10-21-16/h2-4,11,14H,5-10H2,1H3. The second-order valence-electron chi connectivity index (χ2n) is 5.77. The van der Waals surface area contributed by atoms with Crippen LogP contribution >= 0.6 is 11.6 Å². The van der Waals surface area contributed by atoms with Crippen LogP contribution in [0.2, 0.25) is 5.02 Å². The highest BCUT2D eigenvalue weighted by Crippen LogP contribution is 2.37. The van der Waals surface area contributed by atoms with Crippen molar-refractivity contribution in [3.05, 3.63) is 34.9 Å². The summed E-state index contributed by atoms with van der Waals surface area (Å²) in [5.74, 6) is -0.358. The Hall–Kier alpha value is -1.10. The van der Waals surface area contributed by atoms with Crippen molar-refractivity contribution in [3.63, 3.8) is 0 Å². The van der Waals surface area contributed by atoms with Gasteiger partial charge >= 0.3 is 0 Å². The van der Waals surface area contributed by atoms with E-state index in [1.165, 1.54) is 0 Å². The fourth-order valence-corrected chi connectivity index (χ4v) is 3.40. The third-order valence-corrected chi connectivity index (χ3v) is 4.71. The van der Waals surface area contributed by atoms with E-state index in [1.807, 2.05) is 11.9 Å². The fraction of sp³-hybridized carbons (Fsp3) is 0.562. The molecular weight excluding hydrogens is 290 g/mol. The third kappa shape index (κ3) is 3.07. The van der Waals surface area contributed by atoms with Crippen molar-refractivity contribution in [2.24, 2.45) is 0 Å². The van der Waals surface area contributed by atoms with Gasteiger partial charge in [0.15, 0.2) is 5.79 Å². The van der Waals surface area contributed by atoms with Gasteiger partial charge < -0.3 is 14.4 Å². The van der Waals surface area contributed by atoms with E-state index in [0.717, 1.165) is 25.7 Å². The van der Waals surface area contributed by atoms with Crippen LogP contribution in [0.5, 0.6) is 0 Å². The van der Waals surface area contributed by atoms with Gasteiger partial charge in [0.1, 0.15) is 0 Å². The Labute approximate surface area is 130 Å². The molecular formula is C16H20ClNO3. The van der Waals surface area contributed by atoms with Crippen LogP contribution in [0.4, 0.5) is 0 Å². The summed E-state index contributed by atoms with van der Waals surface area (Å²) in [5.41, 5.74) is 0.638. The number of benzene rings is 1. The molecule has 1 amide bonds. The largest absolute Gasteiger partial charge is 0.348 e. The van der Waals surface area contributed by atoms with E-state index in [0.29, 0.717) is 23.8 Å². The van der Waals surface area contributed by atoms with Gasteiger partial charge in [-0.2, -0.15) is 0 Å². The maximum absolute atomic E-state index is 12.5. The van der Waals surface area contributed by atoms with Gasteiger partial charge in [0.05, 0.1) is 13.2 Å². The minimum atomic E-state index is -0.379. The van der Waals surface area contributed by atoms with Crippen LogP contribution in [0.25, 0.3) is 0 Å². The lowest BCUT2D eigenvalue weighted by molar-refractivity contribution is -0.182. The quantitative estimate of drug-likeness (QED) is 0.842. The van der Waals surface area contributed by atoms with E-state index in [9.17, 15) is 4.79 Å². The molecule has 21 heavy (non-hydrogen) atoms. The molecule has 1 aliphatic carbocycles. The minimum Gasteiger partial charge on any atom is -0.348 e. The number of ether oxygens (including phenoxy) is 2. The molecule has 0 bridgehead atoms. The molecule has 1 heterocycles. The number of nitrogens with zero attached hydrogens (tertiary/aromatic N) is 1. The summed E-state index contributed by atoms with van der Waals surface area (Å²) >= 11 is 5.96. The lowest BCUT2D eigenvalue weighted by atomic mass is 9.89. The molecule has 1 spiro atoms. The molecule has 114 valence electrons. The first kappa shape index (κ1) is 14.8. The smallest absolute Gasteiger partial charge is 0.253 e. The zero-order valence-corrected chi connectivity index (χ0v) is 12.9. The molecule has 0 unspecified atom stereocenters. The maximum atomic E-state index is 12.5. The molecule has 1 aliphatic heterocycles. The van der Waals surface area contributed by atoms with Gasteiger partial charge in [0, 0.05) is 36.5 Å². The van der Waals surface area contributed by atoms with Crippen LogP contribution in [-0.2, 0) is 9.47 Å². The van der Waals surface area contributed by atoms with E-state index in [1.54, 1.807) is 24.3 Å². The summed E-state index contributed by atoms with van der Waals surface area (Å²) in [6.07, 6.45) is 3.52. The minimum absolute atomic E-state index is 0.0201. The molecule has 3 rings (SSSR count). The molecule has 2 aliphatic rings. The maximum Gasteiger partial charge on any atom is 0.253 e. The summed E-state index contributed by atoms with van der Waals surface area (Å²) in [4.78, 5) is 14.3. The highest BCUT2D eigenvalue weighted by molar-refractivity contribution is 6.30. The molecule has 0 N–H and O–H groups in total. The number of amides is 1. The average Bonchev–Trinajstić information content (AvgIpc) is 2.95. The Morgan fingerprint density at radius 1 is 1.29 bits per heavy atom. The highest BCUT2D eigenvalue weighted by Gasteiger charge is 2.41. The van der Waals surface area contributed by atoms with Crippen molar-refractivity contribution < 1.29 is 14.3 Å². The fourth-order valence-electron chi connectivity index (χ4n) is 3.21. The summed E-state index contributed by atoms with van der Waals surface area (Å²) in [5, 5.41) is 0.588. The van der Waals surface area contributed by atoms with Gasteiger partial charge in [-0.1, -0.05) is 17.7 Å². The lowest BCUT2D eigenvalue weighted by Crippen LogP contribution is -2.44. The Kier molecular flexibility index (Phi) is 4.20. The van der Waals surface area contributed by atoms with E-state index in [2.05, 4.69) is 0 Å². The second kappa shape index (κ2) is 5.95. The molecule has 4 nitrogen and oxygen atoms in total. The molecule has 1 aromatic carbocycles. The van der Waals surface area contributed by atoms with Crippen molar-refractivity contribution >= 4 is 17.5 Å². The van der Waals surface area contributed by atoms with Crippen LogP contribution in [0.1, 0.15) is 36.0 Å². The van der Waals surface area contributed by atoms with Gasteiger partial charge in [-0.15, -0.1) is 0 Å². The molecule has 1 aromatic rings. The summed E-state index contributed by atoms with van der Waals surface area (Å²) in [6, 6.07) is 7.33. The Bertz CT molecular complexity index is 518. The van der Waals surface area contributed by atoms with Gasteiger partial charge in [-0.25, -0.2) is 0 Å². The van der Waals surface area contributed by atoms with E-state index < -0.39 is 0 Å². The van der Waals surface area contributed by atoms with Gasteiger partial charge in [-0.3, -0.25) is 4.79 Å². The predicted molar refractivity (Wildman–Crippen MR) is 80.4 cm³/mol. The summed E-state index contributed by atoms with van der Waals surface area (Å²) in [7, 11) is 1.86. The van der Waals surface area contributed by atoms with Crippen molar-refractivity contribution in [2.45, 2.75) is 37.5 Å². The van der Waals surface area contributed by atoms with Crippen molar-refractivity contribution in [1.29, 1.82) is 0 Å². The zero-order valence-electron chi connectivity index (χ0n) is 12.2. The molecule has 2 fully saturated rings. The normalized spacial score (nSPS) is 21.6. The Morgan fingerprint density at radius 2 is 1.95 bits per heavy atom. The second-order valence-corrected chi connectivity index (χ2v) is 6.20. The van der Waals surface area contributed by atoms with Crippen molar-refractivity contribution in [2.75, 3.05) is 20.3 Å². The number of carbonyl (C=O) groups is 1. The predicted octanol–water partition coefficient (Wildman–Crippen LogP) is 3.10. The van der Waals surface area contributed by atoms with E-state index >= 15 is 0 Å². The third-order valence-electron chi connectivity index (χ3n) is 4.47. The Morgan fingerprint density at radius 3 is 2.57 bits per heavy atom. The molecule has 5 heteroatoms. The number of carbonyl (C=O) groups excluding carboxylic acids is 1. The molecule has 0 radical (unpaired) electrons. The monoisotopic (exact) mass is 309 g/mol. The number of hydrogen-bond donors (Lipinski definition) is 0. The van der Waals surface area contributed by atoms with Gasteiger partial charge in [-0.05, 0) is 31.0 Å². The SMILES string of the molecule is CN(C(=O)c1cccc(Cl)c1)C1CCC2(CC1)OCCO2. The first-order chi connectivity index (χ1) is 10.1. The van der Waals surface area contributed by atoms with Crippen molar-refractivity contribution in [3.8, 4) is 0 Å². The van der Waals surface area contributed by atoms with Crippen LogP contribution in [0.3, 0.4) is 0 Å². The Balaban J connectivity index is 1.63. The summed E-state index contributed by atoms with van der Waals surface area (Å²) < 4.78 is 11.5. The average molecular weight is 310 g/mol. The number of hydrogen-bond acceptors (Lipinski definition) is 3. The van der Waals surface area contributed by atoms with Crippen LogP contribution in [0.15, 0.2) is 24.3 Å².